The summed E-state index contributed by atoms with van der Waals surface area (Å²) in [5.74, 6) is -0.361. The third-order valence-electron chi connectivity index (χ3n) is 6.92. The van der Waals surface area contributed by atoms with E-state index in [1.165, 1.54) is 11.2 Å². The Morgan fingerprint density at radius 1 is 1.18 bits per heavy atom. The number of carboxylic acid groups (broad SMARTS) is 1. The molecule has 5 N–H and O–H groups in total. The zero-order valence-electron chi connectivity index (χ0n) is 21.6. The van der Waals surface area contributed by atoms with E-state index in [2.05, 4.69) is 20.3 Å². The van der Waals surface area contributed by atoms with Gasteiger partial charge in [-0.05, 0) is 57.4 Å². The van der Waals surface area contributed by atoms with Crippen LogP contribution in [0.3, 0.4) is 0 Å². The SMILES string of the molecule is CC(C)(C)N(C(=O)O)C1(C(=O)NC(CC(N)=O)c2ccc(Cl)cc2)CCN(c2ncnc3[nH]ccc23)CC1. The molecule has 0 bridgehead atoms. The molecule has 2 aromatic heterocycles. The highest BCUT2D eigenvalue weighted by Crippen LogP contribution is 2.38. The summed E-state index contributed by atoms with van der Waals surface area (Å²) < 4.78 is 0. The van der Waals surface area contributed by atoms with Gasteiger partial charge in [0.05, 0.1) is 17.8 Å². The molecule has 0 radical (unpaired) electrons. The van der Waals surface area contributed by atoms with Crippen molar-refractivity contribution in [1.82, 2.24) is 25.2 Å². The quantitative estimate of drug-likeness (QED) is 0.356. The second-order valence-corrected chi connectivity index (χ2v) is 10.9. The van der Waals surface area contributed by atoms with E-state index in [1.807, 2.05) is 11.0 Å². The van der Waals surface area contributed by atoms with Crippen LogP contribution in [0, 0.1) is 0 Å². The number of hydrogen-bond donors (Lipinski definition) is 4. The third-order valence-corrected chi connectivity index (χ3v) is 7.17. The highest BCUT2D eigenvalue weighted by atomic mass is 35.5. The molecule has 3 heterocycles. The molecule has 11 nitrogen and oxygen atoms in total. The molecule has 3 amide bonds. The first-order valence-electron chi connectivity index (χ1n) is 12.3. The number of amides is 3. The van der Waals surface area contributed by atoms with Gasteiger partial charge in [-0.25, -0.2) is 14.8 Å². The number of H-pyrrole nitrogens is 1. The predicted molar refractivity (Wildman–Crippen MR) is 144 cm³/mol. The van der Waals surface area contributed by atoms with Gasteiger partial charge in [0.1, 0.15) is 23.3 Å². The molecule has 1 saturated heterocycles. The molecule has 0 spiro atoms. The Hall–Kier alpha value is -3.86. The summed E-state index contributed by atoms with van der Waals surface area (Å²) in [7, 11) is 0. The van der Waals surface area contributed by atoms with Crippen molar-refractivity contribution in [3.63, 3.8) is 0 Å². The lowest BCUT2D eigenvalue weighted by Crippen LogP contribution is -2.69. The molecule has 1 aliphatic heterocycles. The molecule has 202 valence electrons. The number of aromatic amines is 1. The number of primary amides is 1. The minimum absolute atomic E-state index is 0.148. The number of halogens is 1. The van der Waals surface area contributed by atoms with Crippen LogP contribution in [0.5, 0.6) is 0 Å². The molecule has 38 heavy (non-hydrogen) atoms. The van der Waals surface area contributed by atoms with Crippen LogP contribution >= 0.6 is 11.6 Å². The lowest BCUT2D eigenvalue weighted by Gasteiger charge is -2.51. The maximum absolute atomic E-state index is 14.1. The van der Waals surface area contributed by atoms with Crippen LogP contribution in [0.15, 0.2) is 42.9 Å². The van der Waals surface area contributed by atoms with E-state index >= 15 is 0 Å². The molecule has 1 unspecified atom stereocenters. The summed E-state index contributed by atoms with van der Waals surface area (Å²) in [5.41, 5.74) is 4.56. The fourth-order valence-corrected chi connectivity index (χ4v) is 5.43. The average Bonchev–Trinajstić information content (AvgIpc) is 3.32. The van der Waals surface area contributed by atoms with Crippen molar-refractivity contribution in [2.24, 2.45) is 5.73 Å². The van der Waals surface area contributed by atoms with Crippen molar-refractivity contribution < 1.29 is 19.5 Å². The number of aromatic nitrogens is 3. The van der Waals surface area contributed by atoms with E-state index in [-0.39, 0.29) is 19.3 Å². The first-order valence-corrected chi connectivity index (χ1v) is 12.7. The topological polar surface area (TPSA) is 158 Å². The van der Waals surface area contributed by atoms with E-state index in [0.29, 0.717) is 29.3 Å². The van der Waals surface area contributed by atoms with Crippen molar-refractivity contribution in [2.75, 3.05) is 18.0 Å². The number of hydrogen-bond acceptors (Lipinski definition) is 6. The lowest BCUT2D eigenvalue weighted by atomic mass is 9.81. The van der Waals surface area contributed by atoms with Gasteiger partial charge >= 0.3 is 6.09 Å². The number of benzene rings is 1. The van der Waals surface area contributed by atoms with E-state index in [0.717, 1.165) is 11.2 Å². The number of nitrogens with one attached hydrogen (secondary N) is 2. The summed E-state index contributed by atoms with van der Waals surface area (Å²) in [6, 6.07) is 7.88. The molecule has 1 atom stereocenters. The maximum Gasteiger partial charge on any atom is 0.408 e. The third kappa shape index (κ3) is 5.38. The van der Waals surface area contributed by atoms with E-state index < -0.39 is 35.0 Å². The van der Waals surface area contributed by atoms with E-state index in [9.17, 15) is 19.5 Å². The normalized spacial score (nSPS) is 16.2. The number of rotatable bonds is 7. The Morgan fingerprint density at radius 2 is 1.84 bits per heavy atom. The number of carbonyl (C=O) groups is 3. The Bertz CT molecular complexity index is 1330. The molecular weight excluding hydrogens is 510 g/mol. The van der Waals surface area contributed by atoms with Crippen LogP contribution in [0.25, 0.3) is 11.0 Å². The molecular formula is C26H32ClN7O4. The van der Waals surface area contributed by atoms with Crippen LogP contribution in [0.1, 0.15) is 51.6 Å². The fourth-order valence-electron chi connectivity index (χ4n) is 5.30. The largest absolute Gasteiger partial charge is 0.465 e. The van der Waals surface area contributed by atoms with Gasteiger partial charge in [-0.15, -0.1) is 0 Å². The molecule has 3 aromatic rings. The minimum atomic E-state index is -1.40. The molecule has 0 aliphatic carbocycles. The lowest BCUT2D eigenvalue weighted by molar-refractivity contribution is -0.138. The van der Waals surface area contributed by atoms with Gasteiger partial charge in [0.25, 0.3) is 0 Å². The fraction of sp³-hybridized carbons (Fsp3) is 0.423. The van der Waals surface area contributed by atoms with E-state index in [4.69, 9.17) is 17.3 Å². The van der Waals surface area contributed by atoms with Crippen molar-refractivity contribution in [3.05, 3.63) is 53.4 Å². The van der Waals surface area contributed by atoms with Crippen molar-refractivity contribution >= 4 is 46.4 Å². The van der Waals surface area contributed by atoms with Gasteiger partial charge in [0.2, 0.25) is 11.8 Å². The number of fused-ring (bicyclic) bond motifs is 1. The first kappa shape index (κ1) is 27.2. The number of nitrogens with zero attached hydrogens (tertiary/aromatic N) is 4. The van der Waals surface area contributed by atoms with Crippen LogP contribution in [-0.2, 0) is 9.59 Å². The second-order valence-electron chi connectivity index (χ2n) is 10.5. The van der Waals surface area contributed by atoms with Crippen molar-refractivity contribution in [3.8, 4) is 0 Å². The van der Waals surface area contributed by atoms with Gasteiger partial charge in [-0.3, -0.25) is 14.5 Å². The average molecular weight is 542 g/mol. The zero-order valence-corrected chi connectivity index (χ0v) is 22.3. The number of nitrogens with two attached hydrogens (primary N) is 1. The highest BCUT2D eigenvalue weighted by Gasteiger charge is 2.53. The number of piperidine rings is 1. The molecule has 4 rings (SSSR count). The van der Waals surface area contributed by atoms with Gasteiger partial charge in [0.15, 0.2) is 0 Å². The van der Waals surface area contributed by atoms with Crippen LogP contribution < -0.4 is 16.0 Å². The summed E-state index contributed by atoms with van der Waals surface area (Å²) in [6.07, 6.45) is 2.33. The first-order chi connectivity index (χ1) is 17.9. The zero-order chi connectivity index (χ0) is 27.7. The molecule has 0 saturated carbocycles. The monoisotopic (exact) mass is 541 g/mol. The number of carbonyl (C=O) groups excluding carboxylic acids is 2. The van der Waals surface area contributed by atoms with Crippen LogP contribution in [0.2, 0.25) is 5.02 Å². The Balaban J connectivity index is 1.68. The summed E-state index contributed by atoms with van der Waals surface area (Å²) in [5, 5.41) is 14.6. The van der Waals surface area contributed by atoms with Gasteiger partial charge in [0, 0.05) is 29.8 Å². The molecule has 1 aromatic carbocycles. The minimum Gasteiger partial charge on any atom is -0.465 e. The van der Waals surface area contributed by atoms with Crippen LogP contribution in [-0.4, -0.2) is 67.0 Å². The maximum atomic E-state index is 14.1. The summed E-state index contributed by atoms with van der Waals surface area (Å²) >= 11 is 6.03. The number of anilines is 1. The van der Waals surface area contributed by atoms with Gasteiger partial charge in [-0.2, -0.15) is 0 Å². The molecule has 1 fully saturated rings. The second kappa shape index (κ2) is 10.5. The van der Waals surface area contributed by atoms with Gasteiger partial charge in [-0.1, -0.05) is 23.7 Å². The Labute approximate surface area is 225 Å². The predicted octanol–water partition coefficient (Wildman–Crippen LogP) is 3.46. The van der Waals surface area contributed by atoms with E-state index in [1.54, 1.807) is 51.2 Å². The molecule has 1 aliphatic rings. The Kier molecular flexibility index (Phi) is 7.50. The smallest absolute Gasteiger partial charge is 0.408 e. The summed E-state index contributed by atoms with van der Waals surface area (Å²) in [6.45, 7) is 6.04. The van der Waals surface area contributed by atoms with Crippen LogP contribution in [0.4, 0.5) is 10.6 Å². The van der Waals surface area contributed by atoms with Crippen molar-refractivity contribution in [1.29, 1.82) is 0 Å². The van der Waals surface area contributed by atoms with Crippen molar-refractivity contribution in [2.45, 2.75) is 57.2 Å². The molecule has 12 heteroatoms. The summed E-state index contributed by atoms with van der Waals surface area (Å²) in [4.78, 5) is 53.7. The van der Waals surface area contributed by atoms with Gasteiger partial charge < -0.3 is 26.0 Å². The Morgan fingerprint density at radius 3 is 2.42 bits per heavy atom. The highest BCUT2D eigenvalue weighted by molar-refractivity contribution is 6.30. The standard InChI is InChI=1S/C26H32ClN7O4/c1-25(2,3)34(24(37)38)26(23(36)32-19(14-20(28)35)16-4-6-17(27)7-5-16)9-12-33(13-10-26)22-18-8-11-29-21(18)30-15-31-22/h4-8,11,15,19H,9-10,12-14H2,1-3H3,(H2,28,35)(H,32,36)(H,37,38)(H,29,30,31).